The first-order chi connectivity index (χ1) is 4.80. The van der Waals surface area contributed by atoms with E-state index >= 15 is 0 Å². The standard InChI is InChI=1S/C8H12O2.Al.3H/c9-8(10)7-5-3-1-2-4-6-7;;;;/h5H,1-4,6H2,(H,9,10);;;;. The summed E-state index contributed by atoms with van der Waals surface area (Å²) in [5, 5.41) is 8.59. The number of hydrogen-bond acceptors (Lipinski definition) is 1. The van der Waals surface area contributed by atoms with E-state index in [0.717, 1.165) is 25.7 Å². The lowest BCUT2D eigenvalue weighted by Crippen LogP contribution is -1.98. The second-order valence-corrected chi connectivity index (χ2v) is 2.63. The van der Waals surface area contributed by atoms with Gasteiger partial charge in [-0.3, -0.25) is 0 Å². The van der Waals surface area contributed by atoms with E-state index < -0.39 is 5.97 Å². The predicted molar refractivity (Wildman–Crippen MR) is 48.7 cm³/mol. The van der Waals surface area contributed by atoms with Crippen LogP contribution >= 0.6 is 0 Å². The van der Waals surface area contributed by atoms with E-state index in [1.807, 2.05) is 6.08 Å². The third-order valence-corrected chi connectivity index (χ3v) is 1.82. The number of carboxylic acids is 1. The minimum absolute atomic E-state index is 0. The molecule has 1 N–H and O–H groups in total. The van der Waals surface area contributed by atoms with E-state index in [0.29, 0.717) is 5.57 Å². The van der Waals surface area contributed by atoms with Crippen molar-refractivity contribution in [2.45, 2.75) is 32.1 Å². The molecule has 0 fully saturated rings. The second kappa shape index (κ2) is 5.40. The van der Waals surface area contributed by atoms with Crippen LogP contribution in [0.3, 0.4) is 0 Å². The Bertz CT molecular complexity index is 163. The lowest BCUT2D eigenvalue weighted by Gasteiger charge is -1.95. The summed E-state index contributed by atoms with van der Waals surface area (Å²) in [6.07, 6.45) is 6.93. The van der Waals surface area contributed by atoms with E-state index in [9.17, 15) is 4.79 Å². The smallest absolute Gasteiger partial charge is 0.331 e. The normalized spacial score (nSPS) is 17.6. The monoisotopic (exact) mass is 170 g/mol. The molecule has 0 amide bonds. The van der Waals surface area contributed by atoms with Crippen LogP contribution in [-0.4, -0.2) is 28.4 Å². The lowest BCUT2D eigenvalue weighted by molar-refractivity contribution is -0.132. The van der Waals surface area contributed by atoms with Crippen molar-refractivity contribution in [2.24, 2.45) is 0 Å². The maximum atomic E-state index is 10.4. The van der Waals surface area contributed by atoms with E-state index in [1.54, 1.807) is 0 Å². The minimum atomic E-state index is -0.734. The summed E-state index contributed by atoms with van der Waals surface area (Å²) in [5.41, 5.74) is 0.609. The molecule has 0 atom stereocenters. The van der Waals surface area contributed by atoms with Gasteiger partial charge in [0, 0.05) is 5.57 Å². The molecule has 0 saturated heterocycles. The molecule has 0 unspecified atom stereocenters. The number of aliphatic carboxylic acids is 1. The number of carboxylic acid groups (broad SMARTS) is 1. The Morgan fingerprint density at radius 3 is 2.73 bits per heavy atom. The molecular weight excluding hydrogens is 155 g/mol. The second-order valence-electron chi connectivity index (χ2n) is 2.63. The van der Waals surface area contributed by atoms with Crippen molar-refractivity contribution in [3.8, 4) is 0 Å². The maximum absolute atomic E-state index is 10.4. The summed E-state index contributed by atoms with van der Waals surface area (Å²) in [6.45, 7) is 0. The molecule has 2 nitrogen and oxygen atoms in total. The summed E-state index contributed by atoms with van der Waals surface area (Å²) in [5.74, 6) is -0.734. The van der Waals surface area contributed by atoms with E-state index in [1.165, 1.54) is 6.42 Å². The topological polar surface area (TPSA) is 37.3 Å². The molecule has 0 aromatic carbocycles. The summed E-state index contributed by atoms with van der Waals surface area (Å²) in [6, 6.07) is 0. The van der Waals surface area contributed by atoms with E-state index in [2.05, 4.69) is 0 Å². The molecule has 62 valence electrons. The Kier molecular flexibility index (Phi) is 5.27. The van der Waals surface area contributed by atoms with Crippen LogP contribution in [-0.2, 0) is 4.79 Å². The molecule has 0 aliphatic heterocycles. The first-order valence-electron chi connectivity index (χ1n) is 3.73. The highest BCUT2D eigenvalue weighted by Crippen LogP contribution is 2.16. The van der Waals surface area contributed by atoms with Crippen molar-refractivity contribution in [3.05, 3.63) is 11.6 Å². The fourth-order valence-electron chi connectivity index (χ4n) is 1.21. The van der Waals surface area contributed by atoms with Gasteiger partial charge in [0.15, 0.2) is 17.4 Å². The first kappa shape index (κ1) is 10.7. The third kappa shape index (κ3) is 3.60. The predicted octanol–water partition coefficient (Wildman–Crippen LogP) is 0.778. The van der Waals surface area contributed by atoms with Crippen molar-refractivity contribution in [1.29, 1.82) is 0 Å². The highest BCUT2D eigenvalue weighted by Gasteiger charge is 2.08. The van der Waals surface area contributed by atoms with E-state index in [4.69, 9.17) is 5.11 Å². The van der Waals surface area contributed by atoms with Crippen molar-refractivity contribution >= 4 is 23.3 Å². The van der Waals surface area contributed by atoms with Crippen LogP contribution in [0.4, 0.5) is 0 Å². The van der Waals surface area contributed by atoms with Gasteiger partial charge >= 0.3 is 5.97 Å². The van der Waals surface area contributed by atoms with Crippen molar-refractivity contribution in [3.63, 3.8) is 0 Å². The number of rotatable bonds is 1. The highest BCUT2D eigenvalue weighted by molar-refractivity contribution is 5.86. The van der Waals surface area contributed by atoms with Crippen LogP contribution in [0.25, 0.3) is 0 Å². The van der Waals surface area contributed by atoms with Gasteiger partial charge in [-0.25, -0.2) is 4.79 Å². The van der Waals surface area contributed by atoms with Gasteiger partial charge in [0.1, 0.15) is 0 Å². The Balaban J connectivity index is 0.000001000. The molecule has 3 heteroatoms. The molecule has 1 aliphatic carbocycles. The third-order valence-electron chi connectivity index (χ3n) is 1.82. The van der Waals surface area contributed by atoms with Gasteiger partial charge in [-0.1, -0.05) is 12.5 Å². The Morgan fingerprint density at radius 2 is 2.09 bits per heavy atom. The first-order valence-corrected chi connectivity index (χ1v) is 3.73. The SMILES string of the molecule is O=C(O)C1=CCCCCC1.[AlH3]. The van der Waals surface area contributed by atoms with Gasteiger partial charge in [0.25, 0.3) is 0 Å². The fraction of sp³-hybridized carbons (Fsp3) is 0.625. The molecule has 1 rings (SSSR count). The average molecular weight is 170 g/mol. The Morgan fingerprint density at radius 1 is 1.36 bits per heavy atom. The van der Waals surface area contributed by atoms with Crippen LogP contribution in [0.15, 0.2) is 11.6 Å². The van der Waals surface area contributed by atoms with Gasteiger partial charge in [-0.2, -0.15) is 0 Å². The van der Waals surface area contributed by atoms with Gasteiger partial charge in [0.05, 0.1) is 0 Å². The lowest BCUT2D eigenvalue weighted by atomic mass is 10.1. The van der Waals surface area contributed by atoms with E-state index in [-0.39, 0.29) is 17.4 Å². The van der Waals surface area contributed by atoms with Crippen molar-refractivity contribution in [2.75, 3.05) is 0 Å². The molecular formula is C8H15AlO2. The molecule has 0 aromatic rings. The summed E-state index contributed by atoms with van der Waals surface area (Å²) in [4.78, 5) is 10.4. The Labute approximate surface area is 77.4 Å². The van der Waals surface area contributed by atoms with Crippen LogP contribution in [0.1, 0.15) is 32.1 Å². The molecule has 0 radical (unpaired) electrons. The van der Waals surface area contributed by atoms with Crippen molar-refractivity contribution < 1.29 is 9.90 Å². The number of allylic oxidation sites excluding steroid dienone is 1. The quantitative estimate of drug-likeness (QED) is 0.590. The molecule has 0 aromatic heterocycles. The van der Waals surface area contributed by atoms with Gasteiger partial charge < -0.3 is 5.11 Å². The minimum Gasteiger partial charge on any atom is -0.478 e. The molecule has 11 heavy (non-hydrogen) atoms. The van der Waals surface area contributed by atoms with Crippen molar-refractivity contribution in [1.82, 2.24) is 0 Å². The summed E-state index contributed by atoms with van der Waals surface area (Å²) < 4.78 is 0. The average Bonchev–Trinajstić information content (AvgIpc) is 2.12. The van der Waals surface area contributed by atoms with Crippen LogP contribution in [0.5, 0.6) is 0 Å². The van der Waals surface area contributed by atoms with Crippen LogP contribution in [0, 0.1) is 0 Å². The van der Waals surface area contributed by atoms with Crippen LogP contribution in [0.2, 0.25) is 0 Å². The zero-order valence-corrected chi connectivity index (χ0v) is 5.97. The number of hydrogen-bond donors (Lipinski definition) is 1. The van der Waals surface area contributed by atoms with Gasteiger partial charge in [0.2, 0.25) is 0 Å². The molecule has 0 heterocycles. The molecule has 0 spiro atoms. The zero-order valence-electron chi connectivity index (χ0n) is 5.97. The Hall–Kier alpha value is -0.258. The summed E-state index contributed by atoms with van der Waals surface area (Å²) in [7, 11) is 0. The van der Waals surface area contributed by atoms with Gasteiger partial charge in [-0.05, 0) is 25.7 Å². The zero-order chi connectivity index (χ0) is 7.40. The maximum Gasteiger partial charge on any atom is 0.331 e. The molecule has 1 aliphatic rings. The fourth-order valence-corrected chi connectivity index (χ4v) is 1.21. The van der Waals surface area contributed by atoms with Crippen LogP contribution < -0.4 is 0 Å². The van der Waals surface area contributed by atoms with Gasteiger partial charge in [-0.15, -0.1) is 0 Å². The highest BCUT2D eigenvalue weighted by atomic mass is 27.0. The molecule has 0 saturated carbocycles. The number of carbonyl (C=O) groups is 1. The largest absolute Gasteiger partial charge is 0.478 e. The summed E-state index contributed by atoms with van der Waals surface area (Å²) >= 11 is 0. The molecule has 0 bridgehead atoms.